The molecule has 2 aromatic carbocycles. The average Bonchev–Trinajstić information content (AvgIpc) is 2.76. The number of ether oxygens (including phenoxy) is 1. The highest BCUT2D eigenvalue weighted by Gasteiger charge is 2.19. The standard InChI is InChI=1S/C25H35FN4O2/c1-4-27-25(28-16-19(3)32-22-7-5-6-18(2)14-22)29-17-20-8-9-24(23(26)15-20)30-12-10-21(31)11-13-30/h5-9,14-15,19,21,31H,4,10-13,16-17H2,1-3H3,(H2,27,28,29). The van der Waals surface area contributed by atoms with Crippen LogP contribution in [0.2, 0.25) is 0 Å². The molecule has 7 heteroatoms. The lowest BCUT2D eigenvalue weighted by atomic mass is 10.1. The topological polar surface area (TPSA) is 69.1 Å². The lowest BCUT2D eigenvalue weighted by Crippen LogP contribution is -2.41. The molecule has 32 heavy (non-hydrogen) atoms. The number of aliphatic imine (C=N–C) groups is 1. The number of hydrogen-bond acceptors (Lipinski definition) is 4. The molecule has 0 bridgehead atoms. The predicted molar refractivity (Wildman–Crippen MR) is 128 cm³/mol. The van der Waals surface area contributed by atoms with Crippen LogP contribution in [0.1, 0.15) is 37.8 Å². The zero-order valence-corrected chi connectivity index (χ0v) is 19.3. The number of aryl methyl sites for hydroxylation is 1. The van der Waals surface area contributed by atoms with Crippen LogP contribution in [-0.4, -0.2) is 49.5 Å². The second kappa shape index (κ2) is 11.7. The van der Waals surface area contributed by atoms with Gasteiger partial charge in [-0.1, -0.05) is 18.2 Å². The maximum absolute atomic E-state index is 14.7. The van der Waals surface area contributed by atoms with E-state index >= 15 is 0 Å². The van der Waals surface area contributed by atoms with Crippen molar-refractivity contribution in [1.29, 1.82) is 0 Å². The Labute approximate surface area is 190 Å². The van der Waals surface area contributed by atoms with Gasteiger partial charge >= 0.3 is 0 Å². The van der Waals surface area contributed by atoms with Crippen LogP contribution in [0.5, 0.6) is 5.75 Å². The van der Waals surface area contributed by atoms with Crippen molar-refractivity contribution in [2.45, 2.75) is 52.4 Å². The number of aliphatic hydroxyl groups is 1. The Morgan fingerprint density at radius 1 is 1.22 bits per heavy atom. The maximum atomic E-state index is 14.7. The van der Waals surface area contributed by atoms with E-state index in [-0.39, 0.29) is 18.0 Å². The minimum Gasteiger partial charge on any atom is -0.489 e. The summed E-state index contributed by atoms with van der Waals surface area (Å²) in [7, 11) is 0. The molecule has 0 radical (unpaired) electrons. The van der Waals surface area contributed by atoms with Crippen LogP contribution in [0.25, 0.3) is 0 Å². The van der Waals surface area contributed by atoms with E-state index in [1.165, 1.54) is 0 Å². The van der Waals surface area contributed by atoms with E-state index in [4.69, 9.17) is 4.74 Å². The van der Waals surface area contributed by atoms with Gasteiger partial charge in [0, 0.05) is 19.6 Å². The van der Waals surface area contributed by atoms with Gasteiger partial charge in [0.15, 0.2) is 5.96 Å². The molecule has 1 aliphatic heterocycles. The lowest BCUT2D eigenvalue weighted by Gasteiger charge is -2.31. The number of anilines is 1. The number of rotatable bonds is 8. The Morgan fingerprint density at radius 2 is 2.00 bits per heavy atom. The Kier molecular flexibility index (Phi) is 8.73. The normalized spacial score (nSPS) is 16.0. The number of guanidine groups is 1. The third kappa shape index (κ3) is 7.12. The molecule has 174 valence electrons. The van der Waals surface area contributed by atoms with Gasteiger partial charge in [0.1, 0.15) is 17.7 Å². The van der Waals surface area contributed by atoms with Gasteiger partial charge in [-0.3, -0.25) is 0 Å². The largest absolute Gasteiger partial charge is 0.489 e. The van der Waals surface area contributed by atoms with Crippen LogP contribution in [0.15, 0.2) is 47.5 Å². The Balaban J connectivity index is 1.55. The van der Waals surface area contributed by atoms with E-state index in [2.05, 4.69) is 15.6 Å². The summed E-state index contributed by atoms with van der Waals surface area (Å²) >= 11 is 0. The van der Waals surface area contributed by atoms with Gasteiger partial charge in [0.2, 0.25) is 0 Å². The van der Waals surface area contributed by atoms with Gasteiger partial charge < -0.3 is 25.4 Å². The minimum atomic E-state index is -0.273. The van der Waals surface area contributed by atoms with Crippen LogP contribution in [0.4, 0.5) is 10.1 Å². The van der Waals surface area contributed by atoms with E-state index in [1.54, 1.807) is 6.07 Å². The van der Waals surface area contributed by atoms with Crippen molar-refractivity contribution < 1.29 is 14.2 Å². The van der Waals surface area contributed by atoms with Crippen molar-refractivity contribution in [3.63, 3.8) is 0 Å². The predicted octanol–water partition coefficient (Wildman–Crippen LogP) is 3.62. The highest BCUT2D eigenvalue weighted by atomic mass is 19.1. The van der Waals surface area contributed by atoms with Crippen LogP contribution < -0.4 is 20.3 Å². The van der Waals surface area contributed by atoms with Crippen molar-refractivity contribution in [2.75, 3.05) is 31.1 Å². The second-order valence-electron chi connectivity index (χ2n) is 8.33. The Hall–Kier alpha value is -2.80. The zero-order valence-electron chi connectivity index (χ0n) is 19.3. The van der Waals surface area contributed by atoms with E-state index < -0.39 is 0 Å². The van der Waals surface area contributed by atoms with Gasteiger partial charge in [0.25, 0.3) is 0 Å². The minimum absolute atomic E-state index is 0.0413. The second-order valence-corrected chi connectivity index (χ2v) is 8.33. The first-order valence-electron chi connectivity index (χ1n) is 11.4. The molecule has 1 heterocycles. The fraction of sp³-hybridized carbons (Fsp3) is 0.480. The van der Waals surface area contributed by atoms with E-state index in [0.717, 1.165) is 23.4 Å². The summed E-state index contributed by atoms with van der Waals surface area (Å²) in [6, 6.07) is 13.3. The summed E-state index contributed by atoms with van der Waals surface area (Å²) < 4.78 is 20.7. The van der Waals surface area contributed by atoms with Crippen LogP contribution >= 0.6 is 0 Å². The number of aliphatic hydroxyl groups excluding tert-OH is 1. The molecule has 1 unspecified atom stereocenters. The third-order valence-electron chi connectivity index (χ3n) is 5.46. The van der Waals surface area contributed by atoms with Crippen LogP contribution in [0.3, 0.4) is 0 Å². The average molecular weight is 443 g/mol. The fourth-order valence-corrected chi connectivity index (χ4v) is 3.73. The maximum Gasteiger partial charge on any atom is 0.191 e. The number of nitrogens with zero attached hydrogens (tertiary/aromatic N) is 2. The summed E-state index contributed by atoms with van der Waals surface area (Å²) in [6.45, 7) is 9.09. The smallest absolute Gasteiger partial charge is 0.191 e. The molecule has 1 saturated heterocycles. The SMILES string of the molecule is CCNC(=NCc1ccc(N2CCC(O)CC2)c(F)c1)NCC(C)Oc1cccc(C)c1. The molecule has 0 aliphatic carbocycles. The van der Waals surface area contributed by atoms with Gasteiger partial charge in [0.05, 0.1) is 24.9 Å². The number of hydrogen-bond donors (Lipinski definition) is 3. The van der Waals surface area contributed by atoms with Crippen molar-refractivity contribution in [2.24, 2.45) is 4.99 Å². The molecule has 6 nitrogen and oxygen atoms in total. The van der Waals surface area contributed by atoms with Crippen LogP contribution in [-0.2, 0) is 6.54 Å². The van der Waals surface area contributed by atoms with Crippen molar-refractivity contribution >= 4 is 11.6 Å². The van der Waals surface area contributed by atoms with Crippen molar-refractivity contribution in [1.82, 2.24) is 10.6 Å². The van der Waals surface area contributed by atoms with Crippen molar-refractivity contribution in [3.8, 4) is 5.75 Å². The molecule has 1 atom stereocenters. The Morgan fingerprint density at radius 3 is 2.69 bits per heavy atom. The molecular formula is C25H35FN4O2. The molecular weight excluding hydrogens is 407 g/mol. The molecule has 0 saturated carbocycles. The van der Waals surface area contributed by atoms with E-state index in [0.29, 0.717) is 50.7 Å². The third-order valence-corrected chi connectivity index (χ3v) is 5.46. The molecule has 3 N–H and O–H groups in total. The summed E-state index contributed by atoms with van der Waals surface area (Å²) in [5.74, 6) is 1.27. The van der Waals surface area contributed by atoms with Gasteiger partial charge in [-0.25, -0.2) is 9.38 Å². The summed E-state index contributed by atoms with van der Waals surface area (Å²) in [4.78, 5) is 6.59. The van der Waals surface area contributed by atoms with Crippen molar-refractivity contribution in [3.05, 3.63) is 59.4 Å². The first kappa shape index (κ1) is 23.9. The summed E-state index contributed by atoms with van der Waals surface area (Å²) in [6.07, 6.45) is 1.04. The number of nitrogens with one attached hydrogen (secondary N) is 2. The van der Waals surface area contributed by atoms with E-state index in [1.807, 2.05) is 62.1 Å². The molecule has 0 spiro atoms. The molecule has 3 rings (SSSR count). The number of halogens is 1. The first-order valence-corrected chi connectivity index (χ1v) is 11.4. The quantitative estimate of drug-likeness (QED) is 0.430. The molecule has 1 aliphatic rings. The van der Waals surface area contributed by atoms with Crippen LogP contribution in [0, 0.1) is 12.7 Å². The summed E-state index contributed by atoms with van der Waals surface area (Å²) in [5.41, 5.74) is 2.56. The molecule has 0 aromatic heterocycles. The monoisotopic (exact) mass is 442 g/mol. The van der Waals surface area contributed by atoms with E-state index in [9.17, 15) is 9.50 Å². The lowest BCUT2D eigenvalue weighted by molar-refractivity contribution is 0.145. The molecule has 2 aromatic rings. The summed E-state index contributed by atoms with van der Waals surface area (Å²) in [5, 5.41) is 16.2. The zero-order chi connectivity index (χ0) is 22.9. The highest BCUT2D eigenvalue weighted by Crippen LogP contribution is 2.24. The highest BCUT2D eigenvalue weighted by molar-refractivity contribution is 5.79. The molecule has 1 fully saturated rings. The van der Waals surface area contributed by atoms with Gasteiger partial charge in [-0.05, 0) is 69.0 Å². The fourth-order valence-electron chi connectivity index (χ4n) is 3.73. The first-order chi connectivity index (χ1) is 15.4. The Bertz CT molecular complexity index is 897. The number of piperidine rings is 1. The molecule has 0 amide bonds. The van der Waals surface area contributed by atoms with Gasteiger partial charge in [-0.2, -0.15) is 0 Å². The van der Waals surface area contributed by atoms with Gasteiger partial charge in [-0.15, -0.1) is 0 Å². The number of benzene rings is 2.